The molecular formula is C34H36BrN3O4S. The zero-order valence-electron chi connectivity index (χ0n) is 24.5. The number of rotatable bonds is 12. The number of carbonyl (C=O) groups is 2. The molecule has 0 spiro atoms. The summed E-state index contributed by atoms with van der Waals surface area (Å²) in [6.07, 6.45) is 0.259. The maximum absolute atomic E-state index is 14.4. The summed E-state index contributed by atoms with van der Waals surface area (Å²) in [5.41, 5.74) is 2.89. The number of carbonyl (C=O) groups excluding carboxylic acids is 2. The van der Waals surface area contributed by atoms with Crippen LogP contribution in [0.1, 0.15) is 30.5 Å². The SMILES string of the molecule is Cc1cccc(N(CC(=O)N(Cc2cccc(Br)c2)[C@@H](Cc2ccccc2)C(=O)NC(C)C)S(=O)(=O)c2ccccc2)c1. The van der Waals surface area contributed by atoms with Crippen molar-refractivity contribution in [1.82, 2.24) is 10.2 Å². The Labute approximate surface area is 262 Å². The summed E-state index contributed by atoms with van der Waals surface area (Å²) < 4.78 is 30.0. The lowest BCUT2D eigenvalue weighted by Crippen LogP contribution is -2.54. The Morgan fingerprint density at radius 3 is 2.07 bits per heavy atom. The largest absolute Gasteiger partial charge is 0.352 e. The zero-order valence-corrected chi connectivity index (χ0v) is 26.9. The quantitative estimate of drug-likeness (QED) is 0.198. The number of aryl methyl sites for hydroxylation is 1. The molecule has 9 heteroatoms. The predicted octanol–water partition coefficient (Wildman–Crippen LogP) is 6.12. The van der Waals surface area contributed by atoms with E-state index in [1.807, 2.05) is 81.4 Å². The van der Waals surface area contributed by atoms with Gasteiger partial charge in [-0.1, -0.05) is 88.7 Å². The van der Waals surface area contributed by atoms with Crippen molar-refractivity contribution < 1.29 is 18.0 Å². The number of hydrogen-bond acceptors (Lipinski definition) is 4. The molecule has 4 rings (SSSR count). The molecule has 0 aliphatic heterocycles. The van der Waals surface area contributed by atoms with Gasteiger partial charge in [-0.25, -0.2) is 8.42 Å². The minimum absolute atomic E-state index is 0.0706. The molecular weight excluding hydrogens is 626 g/mol. The normalized spacial score (nSPS) is 12.0. The molecule has 0 saturated carbocycles. The molecule has 0 aliphatic rings. The van der Waals surface area contributed by atoms with Crippen LogP contribution >= 0.6 is 15.9 Å². The van der Waals surface area contributed by atoms with Crippen LogP contribution in [0, 0.1) is 6.92 Å². The minimum Gasteiger partial charge on any atom is -0.352 e. The fourth-order valence-corrected chi connectivity index (χ4v) is 6.67. The van der Waals surface area contributed by atoms with Crippen LogP contribution < -0.4 is 9.62 Å². The van der Waals surface area contributed by atoms with E-state index in [0.29, 0.717) is 5.69 Å². The van der Waals surface area contributed by atoms with Crippen LogP contribution in [-0.4, -0.2) is 43.8 Å². The number of nitrogens with one attached hydrogen (secondary N) is 1. The fourth-order valence-electron chi connectivity index (χ4n) is 4.80. The average Bonchev–Trinajstić information content (AvgIpc) is 2.98. The van der Waals surface area contributed by atoms with Gasteiger partial charge in [-0.05, 0) is 73.9 Å². The standard InChI is InChI=1S/C34H36BrN3O4S/c1-25(2)36-34(40)32(22-27-13-6-4-7-14-27)37(23-28-15-11-16-29(35)21-28)33(39)24-38(30-17-10-12-26(3)20-30)43(41,42)31-18-8-5-9-19-31/h4-21,25,32H,22-24H2,1-3H3,(H,36,40)/t32-/m0/s1. The molecule has 0 saturated heterocycles. The number of benzene rings is 4. The van der Waals surface area contributed by atoms with E-state index in [-0.39, 0.29) is 29.8 Å². The van der Waals surface area contributed by atoms with Crippen molar-refractivity contribution >= 4 is 43.5 Å². The lowest BCUT2D eigenvalue weighted by Gasteiger charge is -2.34. The molecule has 4 aromatic rings. The molecule has 0 aliphatic carbocycles. The third-order valence-electron chi connectivity index (χ3n) is 6.84. The summed E-state index contributed by atoms with van der Waals surface area (Å²) in [6, 6.07) is 31.0. The van der Waals surface area contributed by atoms with Crippen LogP contribution in [0.3, 0.4) is 0 Å². The molecule has 0 radical (unpaired) electrons. The summed E-state index contributed by atoms with van der Waals surface area (Å²) in [7, 11) is -4.13. The lowest BCUT2D eigenvalue weighted by molar-refractivity contribution is -0.140. The summed E-state index contributed by atoms with van der Waals surface area (Å²) in [5.74, 6) is -0.809. The Kier molecular flexibility index (Phi) is 10.8. The summed E-state index contributed by atoms with van der Waals surface area (Å²) in [5, 5.41) is 2.97. The number of nitrogens with zero attached hydrogens (tertiary/aromatic N) is 2. The van der Waals surface area contributed by atoms with Gasteiger partial charge < -0.3 is 10.2 Å². The molecule has 0 bridgehead atoms. The monoisotopic (exact) mass is 661 g/mol. The molecule has 0 fully saturated rings. The van der Waals surface area contributed by atoms with Crippen LogP contribution in [0.4, 0.5) is 5.69 Å². The van der Waals surface area contributed by atoms with Crippen molar-refractivity contribution in [3.63, 3.8) is 0 Å². The number of hydrogen-bond donors (Lipinski definition) is 1. The minimum atomic E-state index is -4.13. The second-order valence-corrected chi connectivity index (χ2v) is 13.5. The molecule has 0 aromatic heterocycles. The summed E-state index contributed by atoms with van der Waals surface area (Å²) >= 11 is 3.50. The maximum atomic E-state index is 14.4. The molecule has 2 amide bonds. The van der Waals surface area contributed by atoms with Gasteiger partial charge in [0, 0.05) is 23.5 Å². The van der Waals surface area contributed by atoms with Crippen molar-refractivity contribution in [2.24, 2.45) is 0 Å². The van der Waals surface area contributed by atoms with Gasteiger partial charge in [-0.2, -0.15) is 0 Å². The zero-order chi connectivity index (χ0) is 31.0. The van der Waals surface area contributed by atoms with Crippen LogP contribution in [0.15, 0.2) is 119 Å². The Morgan fingerprint density at radius 2 is 1.44 bits per heavy atom. The van der Waals surface area contributed by atoms with Gasteiger partial charge in [0.05, 0.1) is 10.6 Å². The third kappa shape index (κ3) is 8.55. The number of halogens is 1. The lowest BCUT2D eigenvalue weighted by atomic mass is 10.0. The molecule has 0 unspecified atom stereocenters. The van der Waals surface area contributed by atoms with Crippen molar-refractivity contribution in [3.05, 3.63) is 130 Å². The average molecular weight is 663 g/mol. The van der Waals surface area contributed by atoms with Crippen LogP contribution in [0.5, 0.6) is 0 Å². The molecule has 7 nitrogen and oxygen atoms in total. The highest BCUT2D eigenvalue weighted by Gasteiger charge is 2.34. The van der Waals surface area contributed by atoms with Crippen molar-refractivity contribution in [1.29, 1.82) is 0 Å². The number of sulfonamides is 1. The molecule has 0 heterocycles. The maximum Gasteiger partial charge on any atom is 0.264 e. The van der Waals surface area contributed by atoms with Crippen molar-refractivity contribution in [2.45, 2.75) is 50.7 Å². The Morgan fingerprint density at radius 1 is 0.814 bits per heavy atom. The van der Waals surface area contributed by atoms with Gasteiger partial charge in [-0.3, -0.25) is 13.9 Å². The highest BCUT2D eigenvalue weighted by atomic mass is 79.9. The van der Waals surface area contributed by atoms with Gasteiger partial charge in [-0.15, -0.1) is 0 Å². The second-order valence-electron chi connectivity index (χ2n) is 10.7. The highest BCUT2D eigenvalue weighted by Crippen LogP contribution is 2.26. The van der Waals surface area contributed by atoms with E-state index >= 15 is 0 Å². The molecule has 224 valence electrons. The van der Waals surface area contributed by atoms with Gasteiger partial charge in [0.25, 0.3) is 10.0 Å². The highest BCUT2D eigenvalue weighted by molar-refractivity contribution is 9.10. The fraction of sp³-hybridized carbons (Fsp3) is 0.235. The van der Waals surface area contributed by atoms with Gasteiger partial charge >= 0.3 is 0 Å². The summed E-state index contributed by atoms with van der Waals surface area (Å²) in [6.45, 7) is 5.21. The second kappa shape index (κ2) is 14.5. The van der Waals surface area contributed by atoms with Gasteiger partial charge in [0.2, 0.25) is 11.8 Å². The first-order chi connectivity index (χ1) is 20.5. The number of amides is 2. The molecule has 1 atom stereocenters. The van der Waals surface area contributed by atoms with E-state index in [1.165, 1.54) is 17.0 Å². The van der Waals surface area contributed by atoms with Crippen LogP contribution in [0.2, 0.25) is 0 Å². The van der Waals surface area contributed by atoms with Crippen LogP contribution in [-0.2, 0) is 32.6 Å². The van der Waals surface area contributed by atoms with E-state index in [4.69, 9.17) is 0 Å². The topological polar surface area (TPSA) is 86.8 Å². The third-order valence-corrected chi connectivity index (χ3v) is 9.13. The first kappa shape index (κ1) is 32.0. The molecule has 43 heavy (non-hydrogen) atoms. The Bertz CT molecular complexity index is 1650. The summed E-state index contributed by atoms with van der Waals surface area (Å²) in [4.78, 5) is 29.7. The Hall–Kier alpha value is -3.95. The number of anilines is 1. The van der Waals surface area contributed by atoms with Gasteiger partial charge in [0.15, 0.2) is 0 Å². The van der Waals surface area contributed by atoms with E-state index in [2.05, 4.69) is 21.2 Å². The van der Waals surface area contributed by atoms with E-state index < -0.39 is 28.5 Å². The van der Waals surface area contributed by atoms with Crippen molar-refractivity contribution in [2.75, 3.05) is 10.8 Å². The van der Waals surface area contributed by atoms with E-state index in [1.54, 1.807) is 36.4 Å². The Balaban J connectivity index is 1.80. The molecule has 1 N–H and O–H groups in total. The predicted molar refractivity (Wildman–Crippen MR) is 174 cm³/mol. The van der Waals surface area contributed by atoms with E-state index in [0.717, 1.165) is 25.5 Å². The first-order valence-corrected chi connectivity index (χ1v) is 16.3. The smallest absolute Gasteiger partial charge is 0.264 e. The van der Waals surface area contributed by atoms with Crippen LogP contribution in [0.25, 0.3) is 0 Å². The van der Waals surface area contributed by atoms with Crippen molar-refractivity contribution in [3.8, 4) is 0 Å². The van der Waals surface area contributed by atoms with E-state index in [9.17, 15) is 18.0 Å². The first-order valence-electron chi connectivity index (χ1n) is 14.1. The molecule has 4 aromatic carbocycles. The van der Waals surface area contributed by atoms with Gasteiger partial charge in [0.1, 0.15) is 12.6 Å².